The second kappa shape index (κ2) is 4.77. The summed E-state index contributed by atoms with van der Waals surface area (Å²) >= 11 is 0. The zero-order chi connectivity index (χ0) is 10.7. The Kier molecular flexibility index (Phi) is 3.38. The summed E-state index contributed by atoms with van der Waals surface area (Å²) in [5.74, 6) is 0. The van der Waals surface area contributed by atoms with E-state index >= 15 is 0 Å². The smallest absolute Gasteiger partial charge is 0.0700 e. The van der Waals surface area contributed by atoms with E-state index in [1.165, 1.54) is 5.56 Å². The molecule has 1 aromatic rings. The molecular formula is C11H19N3O. The third-order valence-electron chi connectivity index (χ3n) is 2.96. The van der Waals surface area contributed by atoms with E-state index in [0.717, 1.165) is 26.1 Å². The number of nitrogens with zero attached hydrogens (tertiary/aromatic N) is 2. The monoisotopic (exact) mass is 209 g/mol. The lowest BCUT2D eigenvalue weighted by Gasteiger charge is -2.14. The van der Waals surface area contributed by atoms with Crippen LogP contribution in [0.25, 0.3) is 0 Å². The van der Waals surface area contributed by atoms with Crippen LogP contribution in [0.4, 0.5) is 0 Å². The van der Waals surface area contributed by atoms with Crippen molar-refractivity contribution in [3.05, 3.63) is 18.0 Å². The molecule has 1 aliphatic heterocycles. The van der Waals surface area contributed by atoms with Gasteiger partial charge in [-0.15, -0.1) is 0 Å². The van der Waals surface area contributed by atoms with Crippen LogP contribution in [0.1, 0.15) is 25.8 Å². The molecule has 1 aromatic heterocycles. The van der Waals surface area contributed by atoms with Gasteiger partial charge in [0, 0.05) is 37.5 Å². The first-order valence-electron chi connectivity index (χ1n) is 5.66. The van der Waals surface area contributed by atoms with Crippen molar-refractivity contribution in [3.8, 4) is 0 Å². The molecule has 0 bridgehead atoms. The third kappa shape index (κ3) is 2.58. The zero-order valence-corrected chi connectivity index (χ0v) is 9.44. The molecule has 1 aliphatic rings. The van der Waals surface area contributed by atoms with Gasteiger partial charge in [-0.25, -0.2) is 0 Å². The fraction of sp³-hybridized carbons (Fsp3) is 0.727. The number of hydrogen-bond donors (Lipinski definition) is 1. The van der Waals surface area contributed by atoms with Crippen molar-refractivity contribution in [2.45, 2.75) is 45.5 Å². The molecule has 0 radical (unpaired) electrons. The fourth-order valence-electron chi connectivity index (χ4n) is 1.92. The van der Waals surface area contributed by atoms with E-state index in [4.69, 9.17) is 4.74 Å². The topological polar surface area (TPSA) is 39.1 Å². The summed E-state index contributed by atoms with van der Waals surface area (Å²) in [7, 11) is 0. The highest BCUT2D eigenvalue weighted by Gasteiger charge is 2.23. The van der Waals surface area contributed by atoms with Crippen molar-refractivity contribution in [1.82, 2.24) is 15.1 Å². The minimum atomic E-state index is 0.339. The molecule has 0 amide bonds. The molecule has 0 spiro atoms. The maximum Gasteiger partial charge on any atom is 0.0700 e. The van der Waals surface area contributed by atoms with Gasteiger partial charge in [0.15, 0.2) is 0 Å². The molecule has 2 unspecified atom stereocenters. The van der Waals surface area contributed by atoms with Gasteiger partial charge in [0.05, 0.1) is 12.3 Å². The normalized spacial score (nSPS) is 26.0. The number of aromatic nitrogens is 2. The summed E-state index contributed by atoms with van der Waals surface area (Å²) in [5, 5.41) is 7.75. The minimum absolute atomic E-state index is 0.339. The molecule has 0 aliphatic carbocycles. The largest absolute Gasteiger partial charge is 0.377 e. The highest BCUT2D eigenvalue weighted by Crippen LogP contribution is 2.13. The minimum Gasteiger partial charge on any atom is -0.377 e. The Bertz CT molecular complexity index is 311. The van der Waals surface area contributed by atoms with Crippen molar-refractivity contribution < 1.29 is 4.74 Å². The van der Waals surface area contributed by atoms with Crippen LogP contribution in [0, 0.1) is 0 Å². The lowest BCUT2D eigenvalue weighted by molar-refractivity contribution is 0.113. The molecule has 1 N–H and O–H groups in total. The first-order valence-corrected chi connectivity index (χ1v) is 5.66. The van der Waals surface area contributed by atoms with Crippen LogP contribution in [0.2, 0.25) is 0 Å². The van der Waals surface area contributed by atoms with E-state index in [0.29, 0.717) is 12.1 Å². The molecule has 4 heteroatoms. The van der Waals surface area contributed by atoms with Gasteiger partial charge in [-0.05, 0) is 20.3 Å². The Morgan fingerprint density at radius 2 is 2.53 bits per heavy atom. The van der Waals surface area contributed by atoms with E-state index in [9.17, 15) is 0 Å². The van der Waals surface area contributed by atoms with E-state index in [2.05, 4.69) is 30.5 Å². The maximum absolute atomic E-state index is 5.50. The van der Waals surface area contributed by atoms with Gasteiger partial charge < -0.3 is 10.1 Å². The number of ether oxygens (including phenoxy) is 1. The molecular weight excluding hydrogens is 190 g/mol. The van der Waals surface area contributed by atoms with Gasteiger partial charge in [0.1, 0.15) is 0 Å². The molecule has 0 aromatic carbocycles. The van der Waals surface area contributed by atoms with Crippen LogP contribution in [-0.2, 0) is 17.8 Å². The fourth-order valence-corrected chi connectivity index (χ4v) is 1.92. The maximum atomic E-state index is 5.50. The first-order chi connectivity index (χ1) is 7.29. The number of aryl methyl sites for hydroxylation is 1. The predicted molar refractivity (Wildman–Crippen MR) is 58.6 cm³/mol. The Balaban J connectivity index is 1.82. The summed E-state index contributed by atoms with van der Waals surface area (Å²) in [6.07, 6.45) is 5.47. The molecule has 1 saturated heterocycles. The second-order valence-electron chi connectivity index (χ2n) is 4.06. The Labute approximate surface area is 90.6 Å². The molecule has 2 atom stereocenters. The molecule has 1 fully saturated rings. The third-order valence-corrected chi connectivity index (χ3v) is 2.96. The molecule has 0 saturated carbocycles. The number of rotatable bonds is 4. The molecule has 15 heavy (non-hydrogen) atoms. The Morgan fingerprint density at radius 1 is 1.67 bits per heavy atom. The highest BCUT2D eigenvalue weighted by molar-refractivity contribution is 5.03. The summed E-state index contributed by atoms with van der Waals surface area (Å²) in [5.41, 5.74) is 1.25. The molecule has 2 heterocycles. The molecule has 84 valence electrons. The number of nitrogens with one attached hydrogen (secondary N) is 1. The number of hydrogen-bond acceptors (Lipinski definition) is 3. The Morgan fingerprint density at radius 3 is 3.13 bits per heavy atom. The second-order valence-corrected chi connectivity index (χ2v) is 4.06. The summed E-state index contributed by atoms with van der Waals surface area (Å²) in [4.78, 5) is 0. The van der Waals surface area contributed by atoms with Crippen LogP contribution in [-0.4, -0.2) is 28.5 Å². The predicted octanol–water partition coefficient (Wildman–Crippen LogP) is 1.17. The van der Waals surface area contributed by atoms with Crippen LogP contribution in [0.3, 0.4) is 0 Å². The van der Waals surface area contributed by atoms with Crippen molar-refractivity contribution >= 4 is 0 Å². The van der Waals surface area contributed by atoms with Crippen LogP contribution < -0.4 is 5.32 Å². The first kappa shape index (κ1) is 10.6. The van der Waals surface area contributed by atoms with E-state index in [1.807, 2.05) is 10.9 Å². The van der Waals surface area contributed by atoms with Crippen molar-refractivity contribution in [2.75, 3.05) is 6.61 Å². The van der Waals surface area contributed by atoms with Gasteiger partial charge >= 0.3 is 0 Å². The Hall–Kier alpha value is -0.870. The van der Waals surface area contributed by atoms with Gasteiger partial charge in [-0.1, -0.05) is 0 Å². The van der Waals surface area contributed by atoms with Gasteiger partial charge in [0.2, 0.25) is 0 Å². The van der Waals surface area contributed by atoms with Crippen LogP contribution in [0.5, 0.6) is 0 Å². The highest BCUT2D eigenvalue weighted by atomic mass is 16.5. The average molecular weight is 209 g/mol. The van der Waals surface area contributed by atoms with Gasteiger partial charge in [-0.2, -0.15) is 5.10 Å². The van der Waals surface area contributed by atoms with E-state index in [1.54, 1.807) is 0 Å². The van der Waals surface area contributed by atoms with Crippen LogP contribution in [0.15, 0.2) is 12.4 Å². The summed E-state index contributed by atoms with van der Waals surface area (Å²) in [6.45, 7) is 6.92. The van der Waals surface area contributed by atoms with Crippen LogP contribution >= 0.6 is 0 Å². The van der Waals surface area contributed by atoms with Crippen molar-refractivity contribution in [3.63, 3.8) is 0 Å². The van der Waals surface area contributed by atoms with E-state index < -0.39 is 0 Å². The van der Waals surface area contributed by atoms with E-state index in [-0.39, 0.29) is 0 Å². The molecule has 2 rings (SSSR count). The molecule has 4 nitrogen and oxygen atoms in total. The summed E-state index contributed by atoms with van der Waals surface area (Å²) < 4.78 is 7.45. The zero-order valence-electron chi connectivity index (χ0n) is 9.44. The average Bonchev–Trinajstić information content (AvgIpc) is 2.84. The summed E-state index contributed by atoms with van der Waals surface area (Å²) in [6, 6.07) is 0.495. The lowest BCUT2D eigenvalue weighted by Crippen LogP contribution is -2.34. The van der Waals surface area contributed by atoms with Gasteiger partial charge in [-0.3, -0.25) is 4.68 Å². The standard InChI is InChI=1S/C11H19N3O/c1-3-14-8-10(7-13-14)6-12-11-4-5-15-9(11)2/h7-9,11-12H,3-6H2,1-2H3. The van der Waals surface area contributed by atoms with Gasteiger partial charge in [0.25, 0.3) is 0 Å². The quantitative estimate of drug-likeness (QED) is 0.809. The SMILES string of the molecule is CCn1cc(CNC2CCOC2C)cn1. The van der Waals surface area contributed by atoms with Crippen molar-refractivity contribution in [2.24, 2.45) is 0 Å². The lowest BCUT2D eigenvalue weighted by atomic mass is 10.1. The van der Waals surface area contributed by atoms with Crippen molar-refractivity contribution in [1.29, 1.82) is 0 Å².